The monoisotopic (exact) mass is 604 g/mol. The van der Waals surface area contributed by atoms with Crippen LogP contribution in [0, 0.1) is 0 Å². The third-order valence-corrected chi connectivity index (χ3v) is 8.23. The smallest absolute Gasteiger partial charge is 0.227 e. The van der Waals surface area contributed by atoms with E-state index in [0.29, 0.717) is 23.2 Å². The molecule has 9 aromatic rings. The van der Waals surface area contributed by atoms with Gasteiger partial charge in [-0.1, -0.05) is 103 Å². The van der Waals surface area contributed by atoms with Gasteiger partial charge in [-0.3, -0.25) is 4.98 Å². The minimum absolute atomic E-state index is 0.607. The van der Waals surface area contributed by atoms with E-state index in [0.717, 1.165) is 66.5 Å². The third-order valence-electron chi connectivity index (χ3n) is 8.23. The Kier molecular flexibility index (Phi) is 6.31. The van der Waals surface area contributed by atoms with Gasteiger partial charge < -0.3 is 4.42 Å². The van der Waals surface area contributed by atoms with Crippen LogP contribution in [0.15, 0.2) is 150 Å². The summed E-state index contributed by atoms with van der Waals surface area (Å²) in [5.41, 5.74) is 9.45. The molecule has 47 heavy (non-hydrogen) atoms. The average Bonchev–Trinajstić information content (AvgIpc) is 3.53. The molecule has 7 nitrogen and oxygen atoms in total. The third kappa shape index (κ3) is 4.96. The Morgan fingerprint density at radius 3 is 1.79 bits per heavy atom. The van der Waals surface area contributed by atoms with E-state index in [4.69, 9.17) is 29.3 Å². The zero-order valence-electron chi connectivity index (χ0n) is 24.9. The van der Waals surface area contributed by atoms with Gasteiger partial charge in [0.15, 0.2) is 17.5 Å². The molecular formula is C40H24N6O. The van der Waals surface area contributed by atoms with Gasteiger partial charge in [0.25, 0.3) is 0 Å². The van der Waals surface area contributed by atoms with Gasteiger partial charge in [0.2, 0.25) is 5.71 Å². The first-order chi connectivity index (χ1) is 23.2. The number of rotatable bonds is 5. The van der Waals surface area contributed by atoms with E-state index in [9.17, 15) is 0 Å². The highest BCUT2D eigenvalue weighted by atomic mass is 16.3. The molecule has 0 radical (unpaired) electrons. The Balaban J connectivity index is 1.11. The molecule has 4 aromatic heterocycles. The molecule has 7 heteroatoms. The van der Waals surface area contributed by atoms with Crippen LogP contribution in [0.2, 0.25) is 0 Å². The van der Waals surface area contributed by atoms with Crippen molar-refractivity contribution in [2.75, 3.05) is 0 Å². The summed E-state index contributed by atoms with van der Waals surface area (Å²) < 4.78 is 5.92. The fourth-order valence-electron chi connectivity index (χ4n) is 5.85. The first-order valence-electron chi connectivity index (χ1n) is 15.3. The Bertz CT molecular complexity index is 2520. The van der Waals surface area contributed by atoms with E-state index >= 15 is 0 Å². The highest BCUT2D eigenvalue weighted by Gasteiger charge is 2.14. The molecular weight excluding hydrogens is 580 g/mol. The Labute approximate surface area is 269 Å². The van der Waals surface area contributed by atoms with Crippen molar-refractivity contribution in [3.05, 3.63) is 146 Å². The van der Waals surface area contributed by atoms with Crippen molar-refractivity contribution in [3.63, 3.8) is 0 Å². The summed E-state index contributed by atoms with van der Waals surface area (Å²) in [4.78, 5) is 29.0. The normalized spacial score (nSPS) is 11.4. The molecule has 9 rings (SSSR count). The molecule has 0 saturated carbocycles. The van der Waals surface area contributed by atoms with Gasteiger partial charge in [-0.15, -0.1) is 0 Å². The lowest BCUT2D eigenvalue weighted by Crippen LogP contribution is -2.00. The van der Waals surface area contributed by atoms with Crippen LogP contribution in [0.5, 0.6) is 0 Å². The van der Waals surface area contributed by atoms with Gasteiger partial charge in [-0.05, 0) is 41.5 Å². The van der Waals surface area contributed by atoms with Crippen molar-refractivity contribution >= 4 is 33.1 Å². The zero-order valence-corrected chi connectivity index (χ0v) is 24.9. The molecule has 0 aliphatic rings. The Hall–Kier alpha value is -6.60. The summed E-state index contributed by atoms with van der Waals surface area (Å²) in [6.07, 6.45) is 3.58. The topological polar surface area (TPSA) is 90.5 Å². The van der Waals surface area contributed by atoms with Gasteiger partial charge >= 0.3 is 0 Å². The van der Waals surface area contributed by atoms with Crippen LogP contribution >= 0.6 is 0 Å². The van der Waals surface area contributed by atoms with Crippen LogP contribution in [-0.2, 0) is 0 Å². The first-order valence-corrected chi connectivity index (χ1v) is 15.3. The minimum Gasteiger partial charge on any atom is -0.438 e. The molecule has 220 valence electrons. The van der Waals surface area contributed by atoms with Crippen molar-refractivity contribution in [2.24, 2.45) is 0 Å². The summed E-state index contributed by atoms with van der Waals surface area (Å²) >= 11 is 0. The molecule has 0 spiro atoms. The molecule has 0 aliphatic heterocycles. The molecule has 0 aliphatic carbocycles. The average molecular weight is 605 g/mol. The Morgan fingerprint density at radius 1 is 0.383 bits per heavy atom. The van der Waals surface area contributed by atoms with Gasteiger partial charge in [0.05, 0.1) is 22.9 Å². The summed E-state index contributed by atoms with van der Waals surface area (Å²) in [5.74, 6) is 1.87. The highest BCUT2D eigenvalue weighted by Crippen LogP contribution is 2.32. The number of fused-ring (bicyclic) bond motifs is 4. The largest absolute Gasteiger partial charge is 0.438 e. The van der Waals surface area contributed by atoms with Crippen LogP contribution < -0.4 is 0 Å². The summed E-state index contributed by atoms with van der Waals surface area (Å²) in [6, 6.07) is 44.4. The van der Waals surface area contributed by atoms with Crippen LogP contribution in [0.3, 0.4) is 0 Å². The number of para-hydroxylation sites is 1. The number of aromatic nitrogens is 6. The predicted molar refractivity (Wildman–Crippen MR) is 185 cm³/mol. The number of pyridine rings is 1. The predicted octanol–water partition coefficient (Wildman–Crippen LogP) is 9.44. The first kappa shape index (κ1) is 26.8. The number of hydrogen-bond acceptors (Lipinski definition) is 7. The fraction of sp³-hybridized carbons (Fsp3) is 0. The molecule has 0 saturated heterocycles. The number of benzene rings is 5. The Morgan fingerprint density at radius 2 is 1.02 bits per heavy atom. The fourth-order valence-corrected chi connectivity index (χ4v) is 5.85. The molecule has 5 aromatic carbocycles. The van der Waals surface area contributed by atoms with Gasteiger partial charge in [-0.25, -0.2) is 24.9 Å². The van der Waals surface area contributed by atoms with Gasteiger partial charge in [0, 0.05) is 39.2 Å². The van der Waals surface area contributed by atoms with E-state index in [2.05, 4.69) is 35.3 Å². The van der Waals surface area contributed by atoms with Crippen molar-refractivity contribution in [1.82, 2.24) is 29.9 Å². The molecule has 0 bridgehead atoms. The molecule has 0 fully saturated rings. The minimum atomic E-state index is 0.607. The van der Waals surface area contributed by atoms with Crippen molar-refractivity contribution in [3.8, 4) is 56.5 Å². The maximum atomic E-state index is 5.92. The highest BCUT2D eigenvalue weighted by molar-refractivity contribution is 6.04. The van der Waals surface area contributed by atoms with E-state index in [1.807, 2.05) is 103 Å². The second kappa shape index (κ2) is 11.1. The van der Waals surface area contributed by atoms with Crippen LogP contribution in [0.1, 0.15) is 0 Å². The zero-order chi connectivity index (χ0) is 31.2. The lowest BCUT2D eigenvalue weighted by Gasteiger charge is -2.10. The van der Waals surface area contributed by atoms with E-state index in [1.165, 1.54) is 0 Å². The quantitative estimate of drug-likeness (QED) is 0.193. The number of furan rings is 1. The lowest BCUT2D eigenvalue weighted by atomic mass is 10.0. The maximum Gasteiger partial charge on any atom is 0.227 e. The van der Waals surface area contributed by atoms with Crippen molar-refractivity contribution in [1.29, 1.82) is 0 Å². The SMILES string of the molecule is c1ccc(-c2nc(-c3ccccc3)nc(-c3cccc(-c4ccc5ncc(-c6cnc7oc8ccccc8c7c6)nc5c4)c3)n2)cc1. The second-order valence-electron chi connectivity index (χ2n) is 11.3. The van der Waals surface area contributed by atoms with E-state index in [1.54, 1.807) is 12.4 Å². The molecule has 4 heterocycles. The van der Waals surface area contributed by atoms with Crippen molar-refractivity contribution < 1.29 is 4.42 Å². The molecule has 0 unspecified atom stereocenters. The lowest BCUT2D eigenvalue weighted by molar-refractivity contribution is 0.654. The molecule has 0 N–H and O–H groups in total. The summed E-state index contributed by atoms with van der Waals surface area (Å²) in [6.45, 7) is 0. The maximum absolute atomic E-state index is 5.92. The van der Waals surface area contributed by atoms with E-state index in [-0.39, 0.29) is 0 Å². The van der Waals surface area contributed by atoms with Gasteiger partial charge in [-0.2, -0.15) is 0 Å². The summed E-state index contributed by atoms with van der Waals surface area (Å²) in [7, 11) is 0. The summed E-state index contributed by atoms with van der Waals surface area (Å²) in [5, 5.41) is 1.98. The second-order valence-corrected chi connectivity index (χ2v) is 11.3. The molecule has 0 atom stereocenters. The molecule has 0 amide bonds. The van der Waals surface area contributed by atoms with Crippen molar-refractivity contribution in [2.45, 2.75) is 0 Å². The van der Waals surface area contributed by atoms with Crippen LogP contribution in [0.4, 0.5) is 0 Å². The standard InChI is InChI=1S/C40H24N6O/c1-3-10-25(11-4-1)37-44-38(26-12-5-2-6-13-26)46-39(45-37)29-15-9-14-27(20-29)28-18-19-33-34(22-28)43-35(24-41-33)30-21-32-31-16-7-8-17-36(31)47-40(32)42-23-30/h1-24H. The number of nitrogens with zero attached hydrogens (tertiary/aromatic N) is 6. The van der Waals surface area contributed by atoms with Crippen LogP contribution in [0.25, 0.3) is 89.7 Å². The van der Waals surface area contributed by atoms with Gasteiger partial charge in [0.1, 0.15) is 5.58 Å². The van der Waals surface area contributed by atoms with Crippen LogP contribution in [-0.4, -0.2) is 29.9 Å². The van der Waals surface area contributed by atoms with E-state index < -0.39 is 0 Å². The number of hydrogen-bond donors (Lipinski definition) is 0.